The van der Waals surface area contributed by atoms with Crippen molar-refractivity contribution in [2.24, 2.45) is 5.92 Å². The average molecular weight is 310 g/mol. The van der Waals surface area contributed by atoms with Gasteiger partial charge in [0.2, 0.25) is 5.91 Å². The highest BCUT2D eigenvalue weighted by atomic mass is 16.5. The number of amides is 1. The Labute approximate surface area is 134 Å². The van der Waals surface area contributed by atoms with Crippen molar-refractivity contribution >= 4 is 5.91 Å². The first-order valence-corrected chi connectivity index (χ1v) is 7.83. The summed E-state index contributed by atoms with van der Waals surface area (Å²) in [5.41, 5.74) is 1.56. The molecule has 5 nitrogen and oxygen atoms in total. The minimum Gasteiger partial charge on any atom is -0.506 e. The van der Waals surface area contributed by atoms with E-state index in [0.717, 1.165) is 24.2 Å². The van der Waals surface area contributed by atoms with Crippen LogP contribution in [0.25, 0.3) is 0 Å². The molecule has 1 aliphatic heterocycles. The molecule has 0 saturated heterocycles. The number of hydrogen-bond donors (Lipinski definition) is 2. The van der Waals surface area contributed by atoms with E-state index in [2.05, 4.69) is 16.4 Å². The van der Waals surface area contributed by atoms with Crippen molar-refractivity contribution in [3.8, 4) is 11.5 Å². The van der Waals surface area contributed by atoms with Crippen molar-refractivity contribution < 1.29 is 14.6 Å². The zero-order valence-electron chi connectivity index (χ0n) is 12.7. The molecule has 1 aliphatic carbocycles. The molecule has 2 N–H and O–H groups in total. The maximum Gasteiger partial charge on any atom is 0.224 e. The number of carbonyl (C=O) groups excluding carboxylic acids is 1. The summed E-state index contributed by atoms with van der Waals surface area (Å²) in [5, 5.41) is 12.6. The predicted molar refractivity (Wildman–Crippen MR) is 84.1 cm³/mol. The van der Waals surface area contributed by atoms with E-state index in [0.29, 0.717) is 12.3 Å². The second-order valence-corrected chi connectivity index (χ2v) is 6.19. The molecule has 23 heavy (non-hydrogen) atoms. The molecule has 1 fully saturated rings. The minimum atomic E-state index is -0.0783. The molecule has 1 amide bonds. The summed E-state index contributed by atoms with van der Waals surface area (Å²) >= 11 is 0. The predicted octanol–water partition coefficient (Wildman–Crippen LogP) is 2.14. The lowest BCUT2D eigenvalue weighted by atomic mass is 9.87. The zero-order chi connectivity index (χ0) is 15.9. The van der Waals surface area contributed by atoms with Crippen LogP contribution in [0.2, 0.25) is 0 Å². The van der Waals surface area contributed by atoms with E-state index < -0.39 is 0 Å². The Bertz CT molecular complexity index is 761. The van der Waals surface area contributed by atoms with Crippen LogP contribution in [0.5, 0.6) is 11.5 Å². The van der Waals surface area contributed by atoms with E-state index in [-0.39, 0.29) is 29.5 Å². The van der Waals surface area contributed by atoms with Crippen molar-refractivity contribution in [3.63, 3.8) is 0 Å². The number of aromatic hydroxyl groups is 1. The van der Waals surface area contributed by atoms with Crippen molar-refractivity contribution in [2.45, 2.75) is 24.8 Å². The second-order valence-electron chi connectivity index (χ2n) is 6.19. The van der Waals surface area contributed by atoms with Crippen LogP contribution in [0, 0.1) is 5.92 Å². The van der Waals surface area contributed by atoms with Crippen LogP contribution in [0.3, 0.4) is 0 Å². The molecule has 2 aromatic rings. The number of para-hydroxylation sites is 1. The maximum atomic E-state index is 12.5. The Morgan fingerprint density at radius 1 is 1.35 bits per heavy atom. The summed E-state index contributed by atoms with van der Waals surface area (Å²) in [5.74, 6) is 0.997. The number of benzene rings is 1. The van der Waals surface area contributed by atoms with Crippen LogP contribution < -0.4 is 10.1 Å². The number of rotatable bonds is 3. The first-order chi connectivity index (χ1) is 11.2. The van der Waals surface area contributed by atoms with Gasteiger partial charge in [0.1, 0.15) is 17.2 Å². The van der Waals surface area contributed by atoms with E-state index in [1.54, 1.807) is 18.3 Å². The first kappa shape index (κ1) is 14.1. The smallest absolute Gasteiger partial charge is 0.224 e. The molecule has 2 aliphatic rings. The zero-order valence-corrected chi connectivity index (χ0v) is 12.7. The molecule has 0 bridgehead atoms. The van der Waals surface area contributed by atoms with Crippen LogP contribution in [0.1, 0.15) is 24.1 Å². The summed E-state index contributed by atoms with van der Waals surface area (Å²) in [6, 6.07) is 11.2. The van der Waals surface area contributed by atoms with Crippen LogP contribution in [0.15, 0.2) is 42.6 Å². The van der Waals surface area contributed by atoms with Crippen molar-refractivity contribution in [2.75, 3.05) is 6.61 Å². The van der Waals surface area contributed by atoms with Crippen LogP contribution in [0.4, 0.5) is 0 Å². The second kappa shape index (κ2) is 5.26. The van der Waals surface area contributed by atoms with Gasteiger partial charge in [0, 0.05) is 23.1 Å². The topological polar surface area (TPSA) is 71.5 Å². The fourth-order valence-electron chi connectivity index (χ4n) is 3.56. The Hall–Kier alpha value is -2.56. The van der Waals surface area contributed by atoms with Gasteiger partial charge in [0.25, 0.3) is 0 Å². The number of ether oxygens (including phenoxy) is 1. The van der Waals surface area contributed by atoms with Gasteiger partial charge in [-0.05, 0) is 31.0 Å². The Kier molecular flexibility index (Phi) is 3.22. The highest BCUT2D eigenvalue weighted by molar-refractivity contribution is 5.84. The molecule has 118 valence electrons. The van der Waals surface area contributed by atoms with Gasteiger partial charge in [-0.3, -0.25) is 9.78 Å². The molecule has 0 radical (unpaired) electrons. The largest absolute Gasteiger partial charge is 0.506 e. The van der Waals surface area contributed by atoms with Gasteiger partial charge in [0.15, 0.2) is 0 Å². The normalized spacial score (nSPS) is 24.6. The summed E-state index contributed by atoms with van der Waals surface area (Å²) in [6.07, 6.45) is 3.33. The third-order valence-electron chi connectivity index (χ3n) is 4.92. The van der Waals surface area contributed by atoms with Crippen LogP contribution in [-0.2, 0) is 16.8 Å². The Morgan fingerprint density at radius 3 is 3.09 bits per heavy atom. The Balaban J connectivity index is 1.47. The van der Waals surface area contributed by atoms with Crippen molar-refractivity contribution in [3.05, 3.63) is 53.9 Å². The third kappa shape index (κ3) is 2.32. The molecule has 4 rings (SSSR count). The lowest BCUT2D eigenvalue weighted by Crippen LogP contribution is -2.30. The number of pyridine rings is 1. The van der Waals surface area contributed by atoms with E-state index in [9.17, 15) is 9.90 Å². The van der Waals surface area contributed by atoms with Gasteiger partial charge in [-0.2, -0.15) is 0 Å². The van der Waals surface area contributed by atoms with Gasteiger partial charge < -0.3 is 15.2 Å². The van der Waals surface area contributed by atoms with E-state index >= 15 is 0 Å². The molecular weight excluding hydrogens is 292 g/mol. The summed E-state index contributed by atoms with van der Waals surface area (Å²) in [6.45, 7) is 0.901. The van der Waals surface area contributed by atoms with Crippen LogP contribution in [-0.4, -0.2) is 22.6 Å². The minimum absolute atomic E-state index is 0.0201. The number of nitrogens with zero attached hydrogens (tertiary/aromatic N) is 1. The highest BCUT2D eigenvalue weighted by Crippen LogP contribution is 2.60. The monoisotopic (exact) mass is 310 g/mol. The molecule has 1 saturated carbocycles. The quantitative estimate of drug-likeness (QED) is 0.911. The number of nitrogens with one attached hydrogen (secondary N) is 1. The van der Waals surface area contributed by atoms with Gasteiger partial charge in [-0.15, -0.1) is 0 Å². The summed E-state index contributed by atoms with van der Waals surface area (Å²) in [7, 11) is 0. The standard InChI is InChI=1S/C18H18N2O3/c21-15-5-3-8-19-14(15)11-20-17(22)13-10-18(13)7-9-23-16-6-2-1-4-12(16)18/h1-6,8,13,21H,7,9-11H2,(H,20,22)/t13-,18-/m0/s1. The Morgan fingerprint density at radius 2 is 2.22 bits per heavy atom. The first-order valence-electron chi connectivity index (χ1n) is 7.83. The van der Waals surface area contributed by atoms with Crippen LogP contribution >= 0.6 is 0 Å². The molecule has 1 spiro atoms. The van der Waals surface area contributed by atoms with Gasteiger partial charge in [-0.25, -0.2) is 0 Å². The van der Waals surface area contributed by atoms with Gasteiger partial charge in [0.05, 0.1) is 13.2 Å². The maximum absolute atomic E-state index is 12.5. The van der Waals surface area contributed by atoms with Gasteiger partial charge in [-0.1, -0.05) is 18.2 Å². The average Bonchev–Trinajstić information content (AvgIpc) is 3.29. The van der Waals surface area contributed by atoms with Crippen molar-refractivity contribution in [1.29, 1.82) is 0 Å². The van der Waals surface area contributed by atoms with E-state index in [1.165, 1.54) is 0 Å². The SMILES string of the molecule is O=C(NCc1ncccc1O)[C@@H]1C[C@]12CCOc1ccccc12. The molecule has 0 unspecified atom stereocenters. The van der Waals surface area contributed by atoms with E-state index in [1.807, 2.05) is 18.2 Å². The lowest BCUT2D eigenvalue weighted by Gasteiger charge is -2.26. The molecular formula is C18H18N2O3. The summed E-state index contributed by atoms with van der Waals surface area (Å²) < 4.78 is 5.70. The molecule has 5 heteroatoms. The number of carbonyl (C=O) groups is 1. The lowest BCUT2D eigenvalue weighted by molar-refractivity contribution is -0.123. The van der Waals surface area contributed by atoms with Gasteiger partial charge >= 0.3 is 0 Å². The fourth-order valence-corrected chi connectivity index (χ4v) is 3.56. The molecule has 2 heterocycles. The highest BCUT2D eigenvalue weighted by Gasteiger charge is 2.60. The third-order valence-corrected chi connectivity index (χ3v) is 4.92. The fraction of sp³-hybridized carbons (Fsp3) is 0.333. The molecule has 2 atom stereocenters. The molecule has 1 aromatic heterocycles. The molecule has 1 aromatic carbocycles. The van der Waals surface area contributed by atoms with Crippen molar-refractivity contribution in [1.82, 2.24) is 10.3 Å². The number of hydrogen-bond acceptors (Lipinski definition) is 4. The number of fused-ring (bicyclic) bond motifs is 2. The summed E-state index contributed by atoms with van der Waals surface area (Å²) in [4.78, 5) is 16.6. The van der Waals surface area contributed by atoms with E-state index in [4.69, 9.17) is 4.74 Å². The number of aromatic nitrogens is 1.